The van der Waals surface area contributed by atoms with Crippen molar-refractivity contribution in [2.75, 3.05) is 13.1 Å². The highest BCUT2D eigenvalue weighted by Gasteiger charge is 2.27. The monoisotopic (exact) mass is 314 g/mol. The maximum absolute atomic E-state index is 11.2. The van der Waals surface area contributed by atoms with E-state index in [9.17, 15) is 4.79 Å². The number of nitrogens with zero attached hydrogens (tertiary/aromatic N) is 3. The Balaban J connectivity index is 2.09. The lowest BCUT2D eigenvalue weighted by atomic mass is 10.1. The highest BCUT2D eigenvalue weighted by molar-refractivity contribution is 9.10. The predicted molar refractivity (Wildman–Crippen MR) is 72.9 cm³/mol. The van der Waals surface area contributed by atoms with Crippen molar-refractivity contribution in [2.24, 2.45) is 11.7 Å². The minimum absolute atomic E-state index is 0.00266. The predicted octanol–water partition coefficient (Wildman–Crippen LogP) is 1.28. The van der Waals surface area contributed by atoms with Crippen molar-refractivity contribution in [1.82, 2.24) is 14.7 Å². The molecule has 1 aliphatic rings. The highest BCUT2D eigenvalue weighted by atomic mass is 79.9. The molecule has 0 radical (unpaired) electrons. The van der Waals surface area contributed by atoms with Crippen LogP contribution in [0.4, 0.5) is 0 Å². The number of amides is 1. The van der Waals surface area contributed by atoms with Gasteiger partial charge in [0, 0.05) is 19.6 Å². The summed E-state index contributed by atoms with van der Waals surface area (Å²) >= 11 is 3.59. The average Bonchev–Trinajstić information content (AvgIpc) is 2.89. The van der Waals surface area contributed by atoms with Crippen molar-refractivity contribution in [1.29, 1.82) is 0 Å². The third kappa shape index (κ3) is 2.59. The lowest BCUT2D eigenvalue weighted by molar-refractivity contribution is -0.121. The molecular formula is C12H19BrN4O. The van der Waals surface area contributed by atoms with Crippen LogP contribution in [-0.4, -0.2) is 33.7 Å². The maximum Gasteiger partial charge on any atom is 0.221 e. The average molecular weight is 315 g/mol. The summed E-state index contributed by atoms with van der Waals surface area (Å²) in [5.74, 6) is -0.181. The van der Waals surface area contributed by atoms with Gasteiger partial charge in [-0.2, -0.15) is 5.10 Å². The molecular weight excluding hydrogens is 296 g/mol. The first-order valence-electron chi connectivity index (χ1n) is 6.26. The van der Waals surface area contributed by atoms with Gasteiger partial charge in [-0.1, -0.05) is 0 Å². The number of halogens is 1. The lowest BCUT2D eigenvalue weighted by Gasteiger charge is -2.16. The lowest BCUT2D eigenvalue weighted by Crippen LogP contribution is -2.27. The fourth-order valence-electron chi connectivity index (χ4n) is 2.44. The summed E-state index contributed by atoms with van der Waals surface area (Å²) in [6.45, 7) is 7.44. The number of carbonyl (C=O) groups excluding carboxylic acids is 1. The first kappa shape index (κ1) is 13.5. The van der Waals surface area contributed by atoms with Gasteiger partial charge in [0.25, 0.3) is 0 Å². The van der Waals surface area contributed by atoms with E-state index >= 15 is 0 Å². The zero-order valence-electron chi connectivity index (χ0n) is 10.8. The molecule has 1 atom stereocenters. The van der Waals surface area contributed by atoms with E-state index in [0.717, 1.165) is 42.8 Å². The van der Waals surface area contributed by atoms with Crippen LogP contribution in [0.15, 0.2) is 4.47 Å². The summed E-state index contributed by atoms with van der Waals surface area (Å²) < 4.78 is 3.09. The number of aryl methyl sites for hydroxylation is 2. The molecule has 1 aliphatic heterocycles. The number of hydrogen-bond acceptors (Lipinski definition) is 3. The molecule has 6 heteroatoms. The smallest absolute Gasteiger partial charge is 0.221 e. The van der Waals surface area contributed by atoms with Gasteiger partial charge in [-0.15, -0.1) is 0 Å². The first-order valence-corrected chi connectivity index (χ1v) is 7.05. The van der Waals surface area contributed by atoms with Crippen molar-refractivity contribution in [2.45, 2.75) is 33.4 Å². The van der Waals surface area contributed by atoms with Crippen molar-refractivity contribution in [3.8, 4) is 0 Å². The molecule has 1 aromatic heterocycles. The van der Waals surface area contributed by atoms with E-state index in [-0.39, 0.29) is 11.8 Å². The van der Waals surface area contributed by atoms with E-state index in [0.29, 0.717) is 0 Å². The van der Waals surface area contributed by atoms with Crippen LogP contribution in [0, 0.1) is 12.8 Å². The molecule has 5 nitrogen and oxygen atoms in total. The van der Waals surface area contributed by atoms with E-state index in [1.165, 1.54) is 5.69 Å². The molecule has 2 rings (SSSR count). The van der Waals surface area contributed by atoms with Crippen molar-refractivity contribution >= 4 is 21.8 Å². The van der Waals surface area contributed by atoms with E-state index in [2.05, 4.69) is 32.9 Å². The van der Waals surface area contributed by atoms with Crippen LogP contribution in [0.1, 0.15) is 24.7 Å². The minimum atomic E-state index is -0.184. The summed E-state index contributed by atoms with van der Waals surface area (Å²) in [7, 11) is 0. The van der Waals surface area contributed by atoms with Crippen LogP contribution in [0.2, 0.25) is 0 Å². The van der Waals surface area contributed by atoms with Gasteiger partial charge >= 0.3 is 0 Å². The Hall–Kier alpha value is -0.880. The first-order chi connectivity index (χ1) is 8.52. The van der Waals surface area contributed by atoms with Crippen LogP contribution < -0.4 is 5.73 Å². The Morgan fingerprint density at radius 1 is 1.61 bits per heavy atom. The summed E-state index contributed by atoms with van der Waals surface area (Å²) in [6, 6.07) is 0. The van der Waals surface area contributed by atoms with Gasteiger partial charge in [0.15, 0.2) is 0 Å². The van der Waals surface area contributed by atoms with E-state index in [1.54, 1.807) is 0 Å². The second-order valence-electron chi connectivity index (χ2n) is 4.78. The molecule has 1 aromatic rings. The summed E-state index contributed by atoms with van der Waals surface area (Å²) in [5, 5.41) is 4.48. The number of primary amides is 1. The van der Waals surface area contributed by atoms with Crippen LogP contribution in [0.5, 0.6) is 0 Å². The zero-order valence-corrected chi connectivity index (χ0v) is 12.4. The number of carbonyl (C=O) groups is 1. The second-order valence-corrected chi connectivity index (χ2v) is 5.58. The molecule has 0 aromatic carbocycles. The topological polar surface area (TPSA) is 64.2 Å². The van der Waals surface area contributed by atoms with Gasteiger partial charge in [-0.3, -0.25) is 14.4 Å². The molecule has 1 fully saturated rings. The molecule has 1 unspecified atom stereocenters. The van der Waals surface area contributed by atoms with Crippen LogP contribution in [-0.2, 0) is 17.9 Å². The molecule has 1 amide bonds. The van der Waals surface area contributed by atoms with E-state index in [1.807, 2.05) is 11.6 Å². The molecule has 0 saturated carbocycles. The molecule has 2 N–H and O–H groups in total. The van der Waals surface area contributed by atoms with Crippen LogP contribution in [0.3, 0.4) is 0 Å². The van der Waals surface area contributed by atoms with Gasteiger partial charge in [-0.05, 0) is 42.7 Å². The zero-order chi connectivity index (χ0) is 13.3. The summed E-state index contributed by atoms with van der Waals surface area (Å²) in [5.41, 5.74) is 7.54. The van der Waals surface area contributed by atoms with Gasteiger partial charge in [0.1, 0.15) is 0 Å². The van der Waals surface area contributed by atoms with Crippen LogP contribution >= 0.6 is 15.9 Å². The molecule has 0 aliphatic carbocycles. The SMILES string of the molecule is CCn1nc(C)c(Br)c1CN1CCC(C(N)=O)C1. The Morgan fingerprint density at radius 2 is 2.33 bits per heavy atom. The highest BCUT2D eigenvalue weighted by Crippen LogP contribution is 2.25. The normalized spacial score (nSPS) is 20.5. The number of likely N-dealkylation sites (tertiary alicyclic amines) is 1. The third-order valence-corrected chi connectivity index (χ3v) is 4.53. The summed E-state index contributed by atoms with van der Waals surface area (Å²) in [4.78, 5) is 13.4. The Bertz CT molecular complexity index is 457. The number of nitrogens with two attached hydrogens (primary N) is 1. The Kier molecular flexibility index (Phi) is 4.07. The Morgan fingerprint density at radius 3 is 2.89 bits per heavy atom. The second kappa shape index (κ2) is 5.40. The number of hydrogen-bond donors (Lipinski definition) is 1. The number of aromatic nitrogens is 2. The largest absolute Gasteiger partial charge is 0.369 e. The van der Waals surface area contributed by atoms with Gasteiger partial charge < -0.3 is 5.73 Å². The standard InChI is InChI=1S/C12H19BrN4O/c1-3-17-10(11(13)8(2)15-17)7-16-5-4-9(6-16)12(14)18/h9H,3-7H2,1-2H3,(H2,14,18). The molecule has 0 bridgehead atoms. The number of rotatable bonds is 4. The molecule has 100 valence electrons. The maximum atomic E-state index is 11.2. The third-order valence-electron chi connectivity index (χ3n) is 3.50. The van der Waals surface area contributed by atoms with Gasteiger partial charge in [0.2, 0.25) is 5.91 Å². The molecule has 18 heavy (non-hydrogen) atoms. The summed E-state index contributed by atoms with van der Waals surface area (Å²) in [6.07, 6.45) is 0.867. The van der Waals surface area contributed by atoms with Crippen LogP contribution in [0.25, 0.3) is 0 Å². The van der Waals surface area contributed by atoms with Crippen molar-refractivity contribution in [3.05, 3.63) is 15.9 Å². The molecule has 2 heterocycles. The fourth-order valence-corrected chi connectivity index (χ4v) is 2.85. The quantitative estimate of drug-likeness (QED) is 0.910. The molecule has 1 saturated heterocycles. The Labute approximate surface area is 115 Å². The van der Waals surface area contributed by atoms with E-state index in [4.69, 9.17) is 5.73 Å². The van der Waals surface area contributed by atoms with Crippen molar-refractivity contribution in [3.63, 3.8) is 0 Å². The van der Waals surface area contributed by atoms with Gasteiger partial charge in [-0.25, -0.2) is 0 Å². The van der Waals surface area contributed by atoms with E-state index < -0.39 is 0 Å². The fraction of sp³-hybridized carbons (Fsp3) is 0.667. The van der Waals surface area contributed by atoms with Gasteiger partial charge in [0.05, 0.1) is 21.8 Å². The minimum Gasteiger partial charge on any atom is -0.369 e. The molecule has 0 spiro atoms. The van der Waals surface area contributed by atoms with Crippen molar-refractivity contribution < 1.29 is 4.79 Å².